The van der Waals surface area contributed by atoms with Crippen LogP contribution in [0.3, 0.4) is 0 Å². The molecule has 0 aromatic heterocycles. The second kappa shape index (κ2) is 10.7. The Kier molecular flexibility index (Phi) is 10.6. The molecule has 0 saturated carbocycles. The third-order valence-electron chi connectivity index (χ3n) is 3.54. The van der Waals surface area contributed by atoms with Gasteiger partial charge in [0.05, 0.1) is 13.2 Å². The van der Waals surface area contributed by atoms with Crippen molar-refractivity contribution in [2.24, 2.45) is 5.92 Å². The van der Waals surface area contributed by atoms with Gasteiger partial charge >= 0.3 is 0 Å². The Hall–Kier alpha value is -0.160. The van der Waals surface area contributed by atoms with Crippen molar-refractivity contribution in [1.82, 2.24) is 10.2 Å². The van der Waals surface area contributed by atoms with Gasteiger partial charge in [0.2, 0.25) is 0 Å². The molecule has 0 heterocycles. The molecule has 0 aromatic rings. The lowest BCUT2D eigenvalue weighted by molar-refractivity contribution is 0.146. The van der Waals surface area contributed by atoms with E-state index in [9.17, 15) is 10.2 Å². The van der Waals surface area contributed by atoms with E-state index in [1.54, 1.807) is 0 Å². The Labute approximate surface area is 112 Å². The minimum Gasteiger partial charge on any atom is -0.395 e. The molecular weight excluding hydrogens is 228 g/mol. The Morgan fingerprint density at radius 1 is 1.11 bits per heavy atom. The van der Waals surface area contributed by atoms with E-state index < -0.39 is 0 Å². The summed E-state index contributed by atoms with van der Waals surface area (Å²) in [6.45, 7) is 5.74. The smallest absolute Gasteiger partial charge is 0.0586 e. The highest BCUT2D eigenvalue weighted by Gasteiger charge is 2.14. The lowest BCUT2D eigenvalue weighted by Gasteiger charge is -2.25. The first-order valence-corrected chi connectivity index (χ1v) is 7.16. The van der Waals surface area contributed by atoms with Gasteiger partial charge in [0.1, 0.15) is 0 Å². The van der Waals surface area contributed by atoms with Gasteiger partial charge in [-0.15, -0.1) is 0 Å². The summed E-state index contributed by atoms with van der Waals surface area (Å²) in [7, 11) is 4.02. The van der Waals surface area contributed by atoms with E-state index in [0.29, 0.717) is 5.92 Å². The van der Waals surface area contributed by atoms with Gasteiger partial charge in [-0.05, 0) is 45.8 Å². The van der Waals surface area contributed by atoms with Gasteiger partial charge in [-0.2, -0.15) is 0 Å². The van der Waals surface area contributed by atoms with Crippen LogP contribution in [0.1, 0.15) is 39.5 Å². The van der Waals surface area contributed by atoms with Crippen molar-refractivity contribution < 1.29 is 10.2 Å². The molecule has 0 amide bonds. The summed E-state index contributed by atoms with van der Waals surface area (Å²) < 4.78 is 0. The average Bonchev–Trinajstić information content (AvgIpc) is 2.34. The van der Waals surface area contributed by atoms with Crippen molar-refractivity contribution in [3.8, 4) is 0 Å². The average molecular weight is 260 g/mol. The number of likely N-dealkylation sites (N-methyl/N-ethyl adjacent to an activating group) is 1. The maximum atomic E-state index is 9.28. The molecule has 0 fully saturated rings. The first-order chi connectivity index (χ1) is 8.54. The third kappa shape index (κ3) is 8.03. The molecule has 110 valence electrons. The number of nitrogens with one attached hydrogen (secondary N) is 1. The van der Waals surface area contributed by atoms with Crippen LogP contribution in [0.2, 0.25) is 0 Å². The van der Waals surface area contributed by atoms with E-state index in [-0.39, 0.29) is 25.3 Å². The highest BCUT2D eigenvalue weighted by Crippen LogP contribution is 2.12. The summed E-state index contributed by atoms with van der Waals surface area (Å²) in [6, 6.07) is 0.494. The summed E-state index contributed by atoms with van der Waals surface area (Å²) in [6.07, 6.45) is 4.23. The number of hydrogen-bond donors (Lipinski definition) is 3. The molecular formula is C14H32N2O2. The van der Waals surface area contributed by atoms with E-state index in [2.05, 4.69) is 24.1 Å². The molecule has 4 heteroatoms. The van der Waals surface area contributed by atoms with Crippen LogP contribution in [0.4, 0.5) is 0 Å². The van der Waals surface area contributed by atoms with Crippen molar-refractivity contribution >= 4 is 0 Å². The zero-order valence-electron chi connectivity index (χ0n) is 12.5. The van der Waals surface area contributed by atoms with E-state index in [1.807, 2.05) is 14.1 Å². The maximum absolute atomic E-state index is 9.28. The molecule has 0 rings (SSSR count). The molecule has 0 aliphatic rings. The molecule has 3 atom stereocenters. The van der Waals surface area contributed by atoms with Crippen molar-refractivity contribution in [2.45, 2.75) is 51.6 Å². The molecule has 0 spiro atoms. The van der Waals surface area contributed by atoms with Crippen LogP contribution >= 0.6 is 0 Å². The van der Waals surface area contributed by atoms with Crippen LogP contribution in [0.15, 0.2) is 0 Å². The first-order valence-electron chi connectivity index (χ1n) is 7.16. The molecule has 0 saturated heterocycles. The highest BCUT2D eigenvalue weighted by atomic mass is 16.3. The minimum atomic E-state index is 0.221. The SMILES string of the molecule is CCC[C@@H](CO)NCCC(C)C[C@H](CO)N(C)C. The lowest BCUT2D eigenvalue weighted by atomic mass is 9.98. The number of aliphatic hydroxyl groups is 2. The fourth-order valence-electron chi connectivity index (χ4n) is 2.17. The fourth-order valence-corrected chi connectivity index (χ4v) is 2.17. The molecule has 3 N–H and O–H groups in total. The zero-order chi connectivity index (χ0) is 14.0. The quantitative estimate of drug-likeness (QED) is 0.520. The van der Waals surface area contributed by atoms with Gasteiger partial charge in [0, 0.05) is 12.1 Å². The van der Waals surface area contributed by atoms with E-state index in [4.69, 9.17) is 0 Å². The Bertz CT molecular complexity index is 189. The van der Waals surface area contributed by atoms with Gasteiger partial charge < -0.3 is 20.4 Å². The van der Waals surface area contributed by atoms with Crippen molar-refractivity contribution in [2.75, 3.05) is 33.9 Å². The van der Waals surface area contributed by atoms with Crippen LogP contribution in [-0.4, -0.2) is 61.1 Å². The van der Waals surface area contributed by atoms with Gasteiger partial charge in [-0.1, -0.05) is 20.3 Å². The van der Waals surface area contributed by atoms with Crippen molar-refractivity contribution in [3.63, 3.8) is 0 Å². The van der Waals surface area contributed by atoms with Crippen LogP contribution < -0.4 is 5.32 Å². The third-order valence-corrected chi connectivity index (χ3v) is 3.54. The number of hydrogen-bond acceptors (Lipinski definition) is 4. The zero-order valence-corrected chi connectivity index (χ0v) is 12.5. The fraction of sp³-hybridized carbons (Fsp3) is 1.00. The molecule has 1 unspecified atom stereocenters. The standard InChI is InChI=1S/C14H32N2O2/c1-5-6-13(10-17)15-8-7-12(2)9-14(11-18)16(3)4/h12-15,17-18H,5-11H2,1-4H3/t12?,13-,14+/m0/s1. The van der Waals surface area contributed by atoms with Gasteiger partial charge in [-0.25, -0.2) is 0 Å². The molecule has 18 heavy (non-hydrogen) atoms. The summed E-state index contributed by atoms with van der Waals surface area (Å²) in [5.41, 5.74) is 0. The first kappa shape index (κ1) is 17.8. The highest BCUT2D eigenvalue weighted by molar-refractivity contribution is 4.71. The van der Waals surface area contributed by atoms with E-state index in [0.717, 1.165) is 32.2 Å². The van der Waals surface area contributed by atoms with Crippen LogP contribution in [0.25, 0.3) is 0 Å². The monoisotopic (exact) mass is 260 g/mol. The number of rotatable bonds is 11. The Morgan fingerprint density at radius 2 is 1.78 bits per heavy atom. The van der Waals surface area contributed by atoms with Gasteiger partial charge in [0.25, 0.3) is 0 Å². The summed E-state index contributed by atoms with van der Waals surface area (Å²) in [4.78, 5) is 2.08. The molecule has 0 aromatic carbocycles. The van der Waals surface area contributed by atoms with E-state index in [1.165, 1.54) is 0 Å². The van der Waals surface area contributed by atoms with E-state index >= 15 is 0 Å². The Balaban J connectivity index is 3.78. The predicted octanol–water partition coefficient (Wildman–Crippen LogP) is 1.08. The van der Waals surface area contributed by atoms with Crippen LogP contribution in [0, 0.1) is 5.92 Å². The van der Waals surface area contributed by atoms with Gasteiger partial charge in [0.15, 0.2) is 0 Å². The molecule has 0 aliphatic carbocycles. The Morgan fingerprint density at radius 3 is 2.22 bits per heavy atom. The topological polar surface area (TPSA) is 55.7 Å². The minimum absolute atomic E-state index is 0.221. The summed E-state index contributed by atoms with van der Waals surface area (Å²) >= 11 is 0. The maximum Gasteiger partial charge on any atom is 0.0586 e. The molecule has 0 radical (unpaired) electrons. The van der Waals surface area contributed by atoms with Crippen LogP contribution in [-0.2, 0) is 0 Å². The van der Waals surface area contributed by atoms with Crippen molar-refractivity contribution in [3.05, 3.63) is 0 Å². The molecule has 0 aliphatic heterocycles. The second-order valence-electron chi connectivity index (χ2n) is 5.55. The normalized spacial score (nSPS) is 16.8. The van der Waals surface area contributed by atoms with Gasteiger partial charge in [-0.3, -0.25) is 0 Å². The number of nitrogens with zero attached hydrogens (tertiary/aromatic N) is 1. The predicted molar refractivity (Wildman–Crippen MR) is 76.7 cm³/mol. The number of aliphatic hydroxyl groups excluding tert-OH is 2. The molecule has 0 bridgehead atoms. The molecule has 4 nitrogen and oxygen atoms in total. The summed E-state index contributed by atoms with van der Waals surface area (Å²) in [5, 5.41) is 21.8. The lowest BCUT2D eigenvalue weighted by Crippen LogP contribution is -2.35. The summed E-state index contributed by atoms with van der Waals surface area (Å²) in [5.74, 6) is 0.581. The van der Waals surface area contributed by atoms with Crippen molar-refractivity contribution in [1.29, 1.82) is 0 Å². The largest absolute Gasteiger partial charge is 0.395 e. The second-order valence-corrected chi connectivity index (χ2v) is 5.55. The van der Waals surface area contributed by atoms with Crippen LogP contribution in [0.5, 0.6) is 0 Å².